The molecule has 5 nitrogen and oxygen atoms in total. The molecule has 1 heterocycles. The van der Waals surface area contributed by atoms with Crippen LogP contribution >= 0.6 is 24.0 Å². The van der Waals surface area contributed by atoms with Crippen molar-refractivity contribution in [1.29, 1.82) is 0 Å². The molecule has 134 valence electrons. The first-order valence-corrected chi connectivity index (χ1v) is 8.53. The minimum absolute atomic E-state index is 0. The Morgan fingerprint density at radius 1 is 1.33 bits per heavy atom. The van der Waals surface area contributed by atoms with Crippen LogP contribution in [0.15, 0.2) is 24.3 Å². The normalized spacial score (nSPS) is 16.3. The third-order valence-corrected chi connectivity index (χ3v) is 4.14. The zero-order valence-electron chi connectivity index (χ0n) is 13.9. The maximum atomic E-state index is 12.4. The van der Waals surface area contributed by atoms with E-state index in [1.807, 2.05) is 6.92 Å². The highest BCUT2D eigenvalue weighted by Gasteiger charge is 2.22. The van der Waals surface area contributed by atoms with E-state index in [4.69, 9.17) is 11.6 Å². The van der Waals surface area contributed by atoms with E-state index >= 15 is 0 Å². The summed E-state index contributed by atoms with van der Waals surface area (Å²) < 4.78 is 0. The van der Waals surface area contributed by atoms with Crippen molar-refractivity contribution < 1.29 is 9.59 Å². The molecule has 1 aromatic rings. The molecule has 0 saturated carbocycles. The van der Waals surface area contributed by atoms with Gasteiger partial charge in [-0.3, -0.25) is 9.59 Å². The van der Waals surface area contributed by atoms with E-state index in [2.05, 4.69) is 10.6 Å². The predicted molar refractivity (Wildman–Crippen MR) is 99.8 cm³/mol. The van der Waals surface area contributed by atoms with E-state index in [0.29, 0.717) is 23.7 Å². The van der Waals surface area contributed by atoms with Gasteiger partial charge in [0, 0.05) is 29.7 Å². The summed E-state index contributed by atoms with van der Waals surface area (Å²) in [6.07, 6.45) is 3.44. The van der Waals surface area contributed by atoms with Crippen molar-refractivity contribution in [3.63, 3.8) is 0 Å². The van der Waals surface area contributed by atoms with Crippen LogP contribution in [0.3, 0.4) is 0 Å². The number of carbonyl (C=O) groups excluding carboxylic acids is 2. The van der Waals surface area contributed by atoms with Crippen molar-refractivity contribution in [2.24, 2.45) is 0 Å². The van der Waals surface area contributed by atoms with Crippen LogP contribution in [0.2, 0.25) is 5.02 Å². The van der Waals surface area contributed by atoms with E-state index in [0.717, 1.165) is 25.8 Å². The maximum absolute atomic E-state index is 12.4. The summed E-state index contributed by atoms with van der Waals surface area (Å²) in [6, 6.07) is 7.18. The summed E-state index contributed by atoms with van der Waals surface area (Å²) in [5, 5.41) is 6.74. The second-order valence-corrected chi connectivity index (χ2v) is 6.30. The van der Waals surface area contributed by atoms with E-state index in [1.165, 1.54) is 0 Å². The van der Waals surface area contributed by atoms with Crippen molar-refractivity contribution in [1.82, 2.24) is 10.2 Å². The van der Waals surface area contributed by atoms with Gasteiger partial charge in [-0.1, -0.05) is 18.5 Å². The Bertz CT molecular complexity index is 531. The van der Waals surface area contributed by atoms with Crippen molar-refractivity contribution in [2.75, 3.05) is 25.0 Å². The molecule has 0 radical (unpaired) electrons. The third-order valence-electron chi connectivity index (χ3n) is 3.89. The molecule has 7 heteroatoms. The number of anilines is 1. The molecule has 24 heavy (non-hydrogen) atoms. The lowest BCUT2D eigenvalue weighted by Crippen LogP contribution is -2.41. The summed E-state index contributed by atoms with van der Waals surface area (Å²) in [5.41, 5.74) is 0.681. The maximum Gasteiger partial charge on any atom is 0.243 e. The van der Waals surface area contributed by atoms with Gasteiger partial charge < -0.3 is 15.5 Å². The second-order valence-electron chi connectivity index (χ2n) is 5.87. The molecular formula is C17H25Cl2N3O2. The molecule has 1 saturated heterocycles. The number of nitrogens with zero attached hydrogens (tertiary/aromatic N) is 1. The van der Waals surface area contributed by atoms with Gasteiger partial charge in [0.05, 0.1) is 6.54 Å². The molecule has 1 atom stereocenters. The lowest BCUT2D eigenvalue weighted by Gasteiger charge is -2.23. The quantitative estimate of drug-likeness (QED) is 0.771. The fourth-order valence-corrected chi connectivity index (χ4v) is 2.87. The van der Waals surface area contributed by atoms with Crippen LogP contribution in [0.4, 0.5) is 5.69 Å². The Labute approximate surface area is 154 Å². The van der Waals surface area contributed by atoms with Crippen LogP contribution in [-0.2, 0) is 9.59 Å². The average Bonchev–Trinajstić information content (AvgIpc) is 3.02. The van der Waals surface area contributed by atoms with E-state index in [-0.39, 0.29) is 36.8 Å². The molecule has 2 rings (SSSR count). The Morgan fingerprint density at radius 3 is 2.62 bits per heavy atom. The van der Waals surface area contributed by atoms with Crippen LogP contribution in [0, 0.1) is 0 Å². The molecule has 0 aromatic heterocycles. The van der Waals surface area contributed by atoms with Crippen molar-refractivity contribution >= 4 is 41.5 Å². The first-order valence-electron chi connectivity index (χ1n) is 8.15. The van der Waals surface area contributed by atoms with Crippen LogP contribution in [0.25, 0.3) is 0 Å². The SMILES string of the molecule is CCCN(CC(=O)Nc1ccc(Cl)cc1)C(=O)CC1CCCN1.Cl. The summed E-state index contributed by atoms with van der Waals surface area (Å²) in [4.78, 5) is 26.2. The highest BCUT2D eigenvalue weighted by molar-refractivity contribution is 6.30. The monoisotopic (exact) mass is 373 g/mol. The zero-order valence-corrected chi connectivity index (χ0v) is 15.5. The van der Waals surface area contributed by atoms with Crippen molar-refractivity contribution in [2.45, 2.75) is 38.6 Å². The zero-order chi connectivity index (χ0) is 16.7. The molecule has 0 spiro atoms. The second kappa shape index (κ2) is 10.5. The molecule has 0 aliphatic carbocycles. The van der Waals surface area contributed by atoms with Gasteiger partial charge in [-0.05, 0) is 50.1 Å². The van der Waals surface area contributed by atoms with Gasteiger partial charge in [-0.25, -0.2) is 0 Å². The van der Waals surface area contributed by atoms with E-state index in [9.17, 15) is 9.59 Å². The first kappa shape index (κ1) is 20.7. The average molecular weight is 374 g/mol. The Hall–Kier alpha value is -1.30. The van der Waals surface area contributed by atoms with E-state index in [1.54, 1.807) is 29.2 Å². The highest BCUT2D eigenvalue weighted by atomic mass is 35.5. The van der Waals surface area contributed by atoms with Crippen LogP contribution < -0.4 is 10.6 Å². The lowest BCUT2D eigenvalue weighted by molar-refractivity contribution is -0.135. The third kappa shape index (κ3) is 6.67. The molecule has 2 N–H and O–H groups in total. The molecule has 1 unspecified atom stereocenters. The van der Waals surface area contributed by atoms with Crippen LogP contribution in [0.5, 0.6) is 0 Å². The molecule has 1 aliphatic heterocycles. The Morgan fingerprint density at radius 2 is 2.04 bits per heavy atom. The molecule has 1 fully saturated rings. The standard InChI is InChI=1S/C17H24ClN3O2.ClH/c1-2-10-21(17(23)11-15-4-3-9-19-15)12-16(22)20-14-7-5-13(18)6-8-14;/h5-8,15,19H,2-4,9-12H2,1H3,(H,20,22);1H. The number of carbonyl (C=O) groups is 2. The van der Waals surface area contributed by atoms with Gasteiger partial charge in [-0.2, -0.15) is 0 Å². The van der Waals surface area contributed by atoms with Crippen LogP contribution in [-0.4, -0.2) is 42.4 Å². The number of rotatable bonds is 7. The summed E-state index contributed by atoms with van der Waals surface area (Å²) in [6.45, 7) is 3.66. The molecular weight excluding hydrogens is 349 g/mol. The molecule has 0 bridgehead atoms. The fraction of sp³-hybridized carbons (Fsp3) is 0.529. The first-order chi connectivity index (χ1) is 11.1. The fourth-order valence-electron chi connectivity index (χ4n) is 2.74. The van der Waals surface area contributed by atoms with Gasteiger partial charge in [0.15, 0.2) is 0 Å². The minimum atomic E-state index is -0.187. The van der Waals surface area contributed by atoms with Gasteiger partial charge in [-0.15, -0.1) is 12.4 Å². The minimum Gasteiger partial charge on any atom is -0.333 e. The molecule has 1 aliphatic rings. The number of amides is 2. The largest absolute Gasteiger partial charge is 0.333 e. The summed E-state index contributed by atoms with van der Waals surface area (Å²) in [5.74, 6) is -0.147. The van der Waals surface area contributed by atoms with Gasteiger partial charge in [0.2, 0.25) is 11.8 Å². The number of hydrogen-bond donors (Lipinski definition) is 2. The van der Waals surface area contributed by atoms with E-state index < -0.39 is 0 Å². The smallest absolute Gasteiger partial charge is 0.243 e. The van der Waals surface area contributed by atoms with Gasteiger partial charge >= 0.3 is 0 Å². The predicted octanol–water partition coefficient (Wildman–Crippen LogP) is 3.08. The lowest BCUT2D eigenvalue weighted by atomic mass is 10.1. The Balaban J connectivity index is 0.00000288. The summed E-state index contributed by atoms with van der Waals surface area (Å²) >= 11 is 5.82. The Kier molecular flexibility index (Phi) is 9.11. The van der Waals surface area contributed by atoms with Gasteiger partial charge in [0.25, 0.3) is 0 Å². The molecule has 2 amide bonds. The van der Waals surface area contributed by atoms with Crippen molar-refractivity contribution in [3.8, 4) is 0 Å². The number of benzene rings is 1. The number of halogens is 2. The van der Waals surface area contributed by atoms with Crippen molar-refractivity contribution in [3.05, 3.63) is 29.3 Å². The number of nitrogens with one attached hydrogen (secondary N) is 2. The van der Waals surface area contributed by atoms with Crippen LogP contribution in [0.1, 0.15) is 32.6 Å². The van der Waals surface area contributed by atoms with Gasteiger partial charge in [0.1, 0.15) is 0 Å². The topological polar surface area (TPSA) is 61.4 Å². The molecule has 1 aromatic carbocycles. The highest BCUT2D eigenvalue weighted by Crippen LogP contribution is 2.14. The summed E-state index contributed by atoms with van der Waals surface area (Å²) in [7, 11) is 0. The number of hydrogen-bond acceptors (Lipinski definition) is 3.